The number of pyridine rings is 2. The second-order valence-electron chi connectivity index (χ2n) is 7.32. The number of hydrogen-bond acceptors (Lipinski definition) is 6. The topological polar surface area (TPSA) is 79.8 Å². The van der Waals surface area contributed by atoms with Crippen LogP contribution in [0.25, 0.3) is 27.7 Å². The molecule has 0 aliphatic carbocycles. The van der Waals surface area contributed by atoms with Gasteiger partial charge in [-0.2, -0.15) is 0 Å². The smallest absolute Gasteiger partial charge is 0.180 e. The third kappa shape index (κ3) is 2.63. The number of imidazole rings is 1. The summed E-state index contributed by atoms with van der Waals surface area (Å²) in [5, 5.41) is 0.908. The van der Waals surface area contributed by atoms with E-state index in [4.69, 9.17) is 15.7 Å². The second-order valence-corrected chi connectivity index (χ2v) is 7.32. The SMILES string of the molecule is CN1CCN(c2ccc3cc(C(=O)CN)c4nc5ccccc5n4c3n2)CC1. The molecule has 0 unspecified atom stereocenters. The highest BCUT2D eigenvalue weighted by Crippen LogP contribution is 2.27. The summed E-state index contributed by atoms with van der Waals surface area (Å²) in [6.45, 7) is 3.90. The molecule has 1 aliphatic heterocycles. The molecular weight excluding hydrogens is 352 g/mol. The van der Waals surface area contributed by atoms with Crippen LogP contribution in [0.5, 0.6) is 0 Å². The summed E-state index contributed by atoms with van der Waals surface area (Å²) in [6, 6.07) is 13.8. The van der Waals surface area contributed by atoms with E-state index in [0.717, 1.165) is 54.1 Å². The molecule has 5 rings (SSSR count). The van der Waals surface area contributed by atoms with E-state index in [2.05, 4.69) is 16.8 Å². The van der Waals surface area contributed by atoms with Crippen molar-refractivity contribution in [3.63, 3.8) is 0 Å². The first-order valence-electron chi connectivity index (χ1n) is 9.53. The van der Waals surface area contributed by atoms with E-state index in [0.29, 0.717) is 11.2 Å². The minimum atomic E-state index is -0.120. The molecule has 0 radical (unpaired) electrons. The zero-order valence-corrected chi connectivity index (χ0v) is 15.8. The molecule has 4 heterocycles. The average Bonchev–Trinajstić information content (AvgIpc) is 3.12. The minimum absolute atomic E-state index is 0.0445. The van der Waals surface area contributed by atoms with Gasteiger partial charge in [0.2, 0.25) is 0 Å². The number of nitrogens with two attached hydrogens (primary N) is 1. The van der Waals surface area contributed by atoms with Crippen molar-refractivity contribution in [2.24, 2.45) is 5.73 Å². The number of benzene rings is 1. The van der Waals surface area contributed by atoms with Gasteiger partial charge in [-0.05, 0) is 37.4 Å². The molecule has 0 amide bonds. The average molecular weight is 374 g/mol. The number of Topliss-reactive ketones (excluding diaryl/α,β-unsaturated/α-hetero) is 1. The van der Waals surface area contributed by atoms with Crippen molar-refractivity contribution < 1.29 is 4.79 Å². The van der Waals surface area contributed by atoms with E-state index < -0.39 is 0 Å². The molecule has 0 spiro atoms. The van der Waals surface area contributed by atoms with Crippen molar-refractivity contribution in [3.8, 4) is 0 Å². The van der Waals surface area contributed by atoms with Gasteiger partial charge < -0.3 is 15.5 Å². The molecule has 7 nitrogen and oxygen atoms in total. The van der Waals surface area contributed by atoms with Crippen LogP contribution in [0.1, 0.15) is 10.4 Å². The summed E-state index contributed by atoms with van der Waals surface area (Å²) >= 11 is 0. The van der Waals surface area contributed by atoms with Crippen molar-refractivity contribution in [2.75, 3.05) is 44.7 Å². The van der Waals surface area contributed by atoms with Gasteiger partial charge >= 0.3 is 0 Å². The van der Waals surface area contributed by atoms with Crippen LogP contribution in [0, 0.1) is 0 Å². The summed E-state index contributed by atoms with van der Waals surface area (Å²) in [4.78, 5) is 26.8. The van der Waals surface area contributed by atoms with Crippen LogP contribution in [0.15, 0.2) is 42.5 Å². The number of fused-ring (bicyclic) bond motifs is 5. The van der Waals surface area contributed by atoms with Crippen LogP contribution in [-0.4, -0.2) is 64.8 Å². The predicted octanol–water partition coefficient (Wildman–Crippen LogP) is 1.93. The Labute approximate surface area is 162 Å². The van der Waals surface area contributed by atoms with Gasteiger partial charge in [0.15, 0.2) is 11.4 Å². The van der Waals surface area contributed by atoms with E-state index in [1.54, 1.807) is 0 Å². The number of piperazine rings is 1. The summed E-state index contributed by atoms with van der Waals surface area (Å²) in [7, 11) is 2.14. The molecular formula is C21H22N6O. The molecule has 7 heteroatoms. The molecule has 0 atom stereocenters. The number of rotatable bonds is 3. The molecule has 1 fully saturated rings. The fourth-order valence-corrected chi connectivity index (χ4v) is 3.91. The van der Waals surface area contributed by atoms with Gasteiger partial charge in [-0.25, -0.2) is 9.97 Å². The highest BCUT2D eigenvalue weighted by Gasteiger charge is 2.20. The third-order valence-electron chi connectivity index (χ3n) is 5.52. The molecule has 2 N–H and O–H groups in total. The van der Waals surface area contributed by atoms with Crippen molar-refractivity contribution in [3.05, 3.63) is 48.0 Å². The summed E-state index contributed by atoms with van der Waals surface area (Å²) < 4.78 is 1.99. The lowest BCUT2D eigenvalue weighted by Crippen LogP contribution is -2.44. The lowest BCUT2D eigenvalue weighted by Gasteiger charge is -2.33. The molecule has 1 saturated heterocycles. The van der Waals surface area contributed by atoms with Crippen LogP contribution < -0.4 is 10.6 Å². The minimum Gasteiger partial charge on any atom is -0.354 e. The second kappa shape index (κ2) is 6.54. The first kappa shape index (κ1) is 17.1. The Morgan fingerprint density at radius 2 is 1.82 bits per heavy atom. The summed E-state index contributed by atoms with van der Waals surface area (Å²) in [5.74, 6) is 0.836. The first-order valence-corrected chi connectivity index (χ1v) is 9.53. The maximum absolute atomic E-state index is 12.5. The summed E-state index contributed by atoms with van der Waals surface area (Å²) in [5.41, 5.74) is 9.41. The number of likely N-dealkylation sites (N-methyl/N-ethyl adjacent to an activating group) is 1. The van der Waals surface area contributed by atoms with E-state index in [1.807, 2.05) is 46.9 Å². The van der Waals surface area contributed by atoms with Crippen LogP contribution in [0.4, 0.5) is 5.82 Å². The highest BCUT2D eigenvalue weighted by molar-refractivity contribution is 6.07. The molecule has 1 aliphatic rings. The van der Waals surface area contributed by atoms with Crippen LogP contribution >= 0.6 is 0 Å². The molecule has 142 valence electrons. The Bertz CT molecular complexity index is 1210. The largest absolute Gasteiger partial charge is 0.354 e. The number of para-hydroxylation sites is 2. The predicted molar refractivity (Wildman–Crippen MR) is 111 cm³/mol. The molecule has 4 aromatic rings. The van der Waals surface area contributed by atoms with Crippen molar-refractivity contribution in [1.29, 1.82) is 0 Å². The molecule has 0 saturated carbocycles. The fourth-order valence-electron chi connectivity index (χ4n) is 3.91. The molecule has 1 aromatic carbocycles. The van der Waals surface area contributed by atoms with E-state index >= 15 is 0 Å². The number of carbonyl (C=O) groups excluding carboxylic acids is 1. The van der Waals surface area contributed by atoms with Gasteiger partial charge in [-0.15, -0.1) is 0 Å². The number of anilines is 1. The standard InChI is InChI=1S/C21H22N6O/c1-25-8-10-26(11-9-25)19-7-6-14-12-15(18(28)13-22)21-23-16-4-2-3-5-17(16)27(21)20(14)24-19/h2-7,12H,8-11,13,22H2,1H3. The van der Waals surface area contributed by atoms with Crippen molar-refractivity contribution in [2.45, 2.75) is 0 Å². The monoisotopic (exact) mass is 374 g/mol. The number of nitrogens with zero attached hydrogens (tertiary/aromatic N) is 5. The Kier molecular flexibility index (Phi) is 3.99. The first-order chi connectivity index (χ1) is 13.7. The molecule has 0 bridgehead atoms. The quantitative estimate of drug-likeness (QED) is 0.552. The van der Waals surface area contributed by atoms with Gasteiger partial charge in [0, 0.05) is 31.6 Å². The maximum Gasteiger partial charge on any atom is 0.180 e. The van der Waals surface area contributed by atoms with Gasteiger partial charge in [-0.1, -0.05) is 12.1 Å². The highest BCUT2D eigenvalue weighted by atomic mass is 16.1. The Morgan fingerprint density at radius 3 is 2.61 bits per heavy atom. The fraction of sp³-hybridized carbons (Fsp3) is 0.286. The lowest BCUT2D eigenvalue weighted by molar-refractivity contribution is 0.100. The van der Waals surface area contributed by atoms with Gasteiger partial charge in [0.25, 0.3) is 0 Å². The van der Waals surface area contributed by atoms with E-state index in [9.17, 15) is 4.79 Å². The Morgan fingerprint density at radius 1 is 1.04 bits per heavy atom. The zero-order valence-electron chi connectivity index (χ0n) is 15.8. The third-order valence-corrected chi connectivity index (χ3v) is 5.52. The van der Waals surface area contributed by atoms with Crippen LogP contribution in [-0.2, 0) is 0 Å². The Hall–Kier alpha value is -3.03. The number of hydrogen-bond donors (Lipinski definition) is 1. The van der Waals surface area contributed by atoms with Gasteiger partial charge in [0.1, 0.15) is 11.5 Å². The van der Waals surface area contributed by atoms with Crippen LogP contribution in [0.2, 0.25) is 0 Å². The van der Waals surface area contributed by atoms with Crippen molar-refractivity contribution >= 4 is 39.3 Å². The Balaban J connectivity index is 1.79. The normalized spacial score (nSPS) is 15.7. The number of aromatic nitrogens is 3. The summed E-state index contributed by atoms with van der Waals surface area (Å²) in [6.07, 6.45) is 0. The van der Waals surface area contributed by atoms with E-state index in [-0.39, 0.29) is 12.3 Å². The van der Waals surface area contributed by atoms with Crippen LogP contribution in [0.3, 0.4) is 0 Å². The van der Waals surface area contributed by atoms with Gasteiger partial charge in [-0.3, -0.25) is 9.20 Å². The molecule has 28 heavy (non-hydrogen) atoms. The zero-order chi connectivity index (χ0) is 19.3. The lowest BCUT2D eigenvalue weighted by atomic mass is 10.1. The molecule has 3 aromatic heterocycles. The number of ketones is 1. The maximum atomic E-state index is 12.5. The number of carbonyl (C=O) groups is 1. The van der Waals surface area contributed by atoms with Gasteiger partial charge in [0.05, 0.1) is 23.1 Å². The van der Waals surface area contributed by atoms with Crippen molar-refractivity contribution in [1.82, 2.24) is 19.3 Å². The van der Waals surface area contributed by atoms with E-state index in [1.165, 1.54) is 0 Å².